The van der Waals surface area contributed by atoms with Crippen molar-refractivity contribution in [3.05, 3.63) is 12.2 Å². The second kappa shape index (κ2) is 4.64. The Balaban J connectivity index is 1.89. The highest BCUT2D eigenvalue weighted by Gasteiger charge is 2.29. The van der Waals surface area contributed by atoms with Crippen molar-refractivity contribution in [3.8, 4) is 0 Å². The fourth-order valence-corrected chi connectivity index (χ4v) is 2.60. The van der Waals surface area contributed by atoms with E-state index in [-0.39, 0.29) is 0 Å². The van der Waals surface area contributed by atoms with E-state index in [1.54, 1.807) is 6.33 Å². The maximum absolute atomic E-state index is 4.32. The molecule has 1 unspecified atom stereocenters. The molecule has 1 saturated carbocycles. The summed E-state index contributed by atoms with van der Waals surface area (Å²) in [5.41, 5.74) is 0. The van der Waals surface area contributed by atoms with Gasteiger partial charge in [0, 0.05) is 17.3 Å². The highest BCUT2D eigenvalue weighted by Crippen LogP contribution is 2.38. The van der Waals surface area contributed by atoms with Gasteiger partial charge in [-0.05, 0) is 39.0 Å². The minimum absolute atomic E-state index is 0.414. The normalized spacial score (nSPS) is 18.4. The van der Waals surface area contributed by atoms with Gasteiger partial charge in [0.15, 0.2) is 0 Å². The summed E-state index contributed by atoms with van der Waals surface area (Å²) < 4.78 is 2.02. The third-order valence-electron chi connectivity index (χ3n) is 2.91. The highest BCUT2D eigenvalue weighted by molar-refractivity contribution is 9.09. The quantitative estimate of drug-likeness (QED) is 0.771. The van der Waals surface area contributed by atoms with Crippen molar-refractivity contribution in [1.29, 1.82) is 0 Å². The first kappa shape index (κ1) is 11.1. The van der Waals surface area contributed by atoms with E-state index < -0.39 is 0 Å². The van der Waals surface area contributed by atoms with Gasteiger partial charge >= 0.3 is 0 Å². The van der Waals surface area contributed by atoms with E-state index >= 15 is 0 Å². The first-order valence-corrected chi connectivity index (χ1v) is 6.62. The van der Waals surface area contributed by atoms with Crippen molar-refractivity contribution in [2.24, 2.45) is 5.92 Å². The van der Waals surface area contributed by atoms with Crippen LogP contribution in [-0.2, 0) is 6.42 Å². The van der Waals surface area contributed by atoms with Gasteiger partial charge in [-0.15, -0.1) is 0 Å². The molecule has 1 atom stereocenters. The largest absolute Gasteiger partial charge is 0.248 e. The van der Waals surface area contributed by atoms with Crippen molar-refractivity contribution < 1.29 is 0 Å². The molecule has 1 fully saturated rings. The molecule has 0 aliphatic heterocycles. The van der Waals surface area contributed by atoms with Gasteiger partial charge in [0.2, 0.25) is 0 Å². The molecule has 0 radical (unpaired) electrons. The minimum atomic E-state index is 0.414. The van der Waals surface area contributed by atoms with Gasteiger partial charge in [-0.3, -0.25) is 0 Å². The van der Waals surface area contributed by atoms with Gasteiger partial charge in [0.25, 0.3) is 0 Å². The summed E-state index contributed by atoms with van der Waals surface area (Å²) in [6, 6.07) is 0.414. The lowest BCUT2D eigenvalue weighted by molar-refractivity contribution is 0.498. The second-order valence-electron chi connectivity index (χ2n) is 4.61. The first-order valence-electron chi connectivity index (χ1n) is 5.71. The highest BCUT2D eigenvalue weighted by atomic mass is 79.9. The van der Waals surface area contributed by atoms with Crippen LogP contribution in [-0.4, -0.2) is 19.6 Å². The molecule has 0 spiro atoms. The molecule has 0 bridgehead atoms. The third-order valence-corrected chi connectivity index (χ3v) is 4.12. The molecule has 15 heavy (non-hydrogen) atoms. The molecule has 1 heterocycles. The summed E-state index contributed by atoms with van der Waals surface area (Å²) in [5.74, 6) is 2.04. The molecule has 0 aromatic carbocycles. The number of nitrogens with zero attached hydrogens (tertiary/aromatic N) is 3. The number of rotatable bonds is 5. The van der Waals surface area contributed by atoms with Crippen LogP contribution in [0.4, 0.5) is 0 Å². The van der Waals surface area contributed by atoms with E-state index in [9.17, 15) is 0 Å². The first-order chi connectivity index (χ1) is 7.18. The van der Waals surface area contributed by atoms with Crippen molar-refractivity contribution in [3.63, 3.8) is 0 Å². The average molecular weight is 272 g/mol. The Morgan fingerprint density at radius 2 is 2.27 bits per heavy atom. The summed E-state index contributed by atoms with van der Waals surface area (Å²) in [6.07, 6.45) is 6.66. The fourth-order valence-electron chi connectivity index (χ4n) is 1.84. The van der Waals surface area contributed by atoms with Crippen molar-refractivity contribution in [2.45, 2.75) is 50.4 Å². The number of aryl methyl sites for hydroxylation is 1. The van der Waals surface area contributed by atoms with Crippen LogP contribution in [0, 0.1) is 5.92 Å². The standard InChI is InChI=1S/C11H18BrN3/c1-8(2)15-11(13-7-14-15)6-5-10(12)9-3-4-9/h7-10H,3-6H2,1-2H3. The van der Waals surface area contributed by atoms with Crippen molar-refractivity contribution in [2.75, 3.05) is 0 Å². The number of hydrogen-bond donors (Lipinski definition) is 0. The zero-order valence-corrected chi connectivity index (χ0v) is 10.9. The lowest BCUT2D eigenvalue weighted by Crippen LogP contribution is -2.11. The predicted octanol–water partition coefficient (Wildman–Crippen LogP) is 2.97. The Labute approximate surface area is 99.4 Å². The predicted molar refractivity (Wildman–Crippen MR) is 64.2 cm³/mol. The zero-order valence-electron chi connectivity index (χ0n) is 9.36. The smallest absolute Gasteiger partial charge is 0.138 e. The monoisotopic (exact) mass is 271 g/mol. The van der Waals surface area contributed by atoms with Crippen LogP contribution in [0.25, 0.3) is 0 Å². The van der Waals surface area contributed by atoms with Gasteiger partial charge in [-0.2, -0.15) is 5.10 Å². The zero-order chi connectivity index (χ0) is 10.8. The van der Waals surface area contributed by atoms with Crippen LogP contribution in [0.3, 0.4) is 0 Å². The summed E-state index contributed by atoms with van der Waals surface area (Å²) in [6.45, 7) is 4.29. The molecule has 1 aliphatic carbocycles. The minimum Gasteiger partial charge on any atom is -0.248 e. The van der Waals surface area contributed by atoms with Crippen molar-refractivity contribution in [1.82, 2.24) is 14.8 Å². The SMILES string of the molecule is CC(C)n1ncnc1CCC(Br)C1CC1. The van der Waals surface area contributed by atoms with Gasteiger partial charge in [-0.25, -0.2) is 9.67 Å². The molecular formula is C11H18BrN3. The molecule has 3 nitrogen and oxygen atoms in total. The van der Waals surface area contributed by atoms with Gasteiger partial charge in [0.05, 0.1) is 0 Å². The fraction of sp³-hybridized carbons (Fsp3) is 0.818. The van der Waals surface area contributed by atoms with E-state index in [1.807, 2.05) is 4.68 Å². The second-order valence-corrected chi connectivity index (χ2v) is 5.78. The average Bonchev–Trinajstić information content (AvgIpc) is 2.93. The third kappa shape index (κ3) is 2.80. The summed E-state index contributed by atoms with van der Waals surface area (Å²) >= 11 is 3.75. The Kier molecular flexibility index (Phi) is 3.44. The van der Waals surface area contributed by atoms with E-state index in [0.29, 0.717) is 10.9 Å². The van der Waals surface area contributed by atoms with E-state index in [2.05, 4.69) is 39.9 Å². The molecule has 0 amide bonds. The summed E-state index contributed by atoms with van der Waals surface area (Å²) in [5, 5.41) is 4.24. The number of hydrogen-bond acceptors (Lipinski definition) is 2. The van der Waals surface area contributed by atoms with Crippen LogP contribution < -0.4 is 0 Å². The van der Waals surface area contributed by atoms with E-state index in [1.165, 1.54) is 19.3 Å². The molecule has 2 rings (SSSR count). The van der Waals surface area contributed by atoms with Crippen molar-refractivity contribution >= 4 is 15.9 Å². The topological polar surface area (TPSA) is 30.7 Å². The van der Waals surface area contributed by atoms with Crippen LogP contribution >= 0.6 is 15.9 Å². The Bertz CT molecular complexity index is 317. The lowest BCUT2D eigenvalue weighted by atomic mass is 10.1. The number of aromatic nitrogens is 3. The molecule has 0 N–H and O–H groups in total. The van der Waals surface area contributed by atoms with Crippen LogP contribution in [0.1, 0.15) is 45.0 Å². The number of alkyl halides is 1. The molecular weight excluding hydrogens is 254 g/mol. The van der Waals surface area contributed by atoms with Gasteiger partial charge in [0.1, 0.15) is 12.2 Å². The Morgan fingerprint density at radius 3 is 2.87 bits per heavy atom. The van der Waals surface area contributed by atoms with Crippen LogP contribution in [0.5, 0.6) is 0 Å². The molecule has 84 valence electrons. The molecule has 4 heteroatoms. The molecule has 0 saturated heterocycles. The van der Waals surface area contributed by atoms with Crippen LogP contribution in [0.15, 0.2) is 6.33 Å². The maximum atomic E-state index is 4.32. The van der Waals surface area contributed by atoms with Gasteiger partial charge in [-0.1, -0.05) is 15.9 Å². The lowest BCUT2D eigenvalue weighted by Gasteiger charge is -2.11. The Morgan fingerprint density at radius 1 is 1.53 bits per heavy atom. The van der Waals surface area contributed by atoms with Crippen LogP contribution in [0.2, 0.25) is 0 Å². The summed E-state index contributed by atoms with van der Waals surface area (Å²) in [7, 11) is 0. The van der Waals surface area contributed by atoms with Gasteiger partial charge < -0.3 is 0 Å². The Hall–Kier alpha value is -0.380. The maximum Gasteiger partial charge on any atom is 0.138 e. The van der Waals surface area contributed by atoms with E-state index in [4.69, 9.17) is 0 Å². The molecule has 1 aliphatic rings. The van der Waals surface area contributed by atoms with E-state index in [0.717, 1.165) is 18.2 Å². The molecule has 1 aromatic rings. The number of halogens is 1. The summed E-state index contributed by atoms with van der Waals surface area (Å²) in [4.78, 5) is 5.00. The molecule has 1 aromatic heterocycles.